The monoisotopic (exact) mass is 965 g/mol. The SMILES string of the molecule is CC1(C)c2cc(N(c3ccc(C4CCCCCC4)cc3)c3cc4ccc3CCc3ccc(c(N(c5ccccc5)c5ccc(C67CC8CC(CC(C8)C6)C7)cc5)c3)CC4)ccc2-c2c(-c3ccccc3)cccc21. The van der Waals surface area contributed by atoms with E-state index in [-0.39, 0.29) is 5.41 Å². The molecule has 74 heavy (non-hydrogen) atoms. The number of hydrogen-bond donors (Lipinski definition) is 0. The molecular weight excluding hydrogens is 893 g/mol. The van der Waals surface area contributed by atoms with Crippen LogP contribution in [0.25, 0.3) is 22.3 Å². The highest BCUT2D eigenvalue weighted by Gasteiger charge is 2.51. The molecule has 8 aromatic rings. The molecule has 0 heterocycles. The first-order chi connectivity index (χ1) is 36.3. The van der Waals surface area contributed by atoms with Crippen molar-refractivity contribution in [3.8, 4) is 22.3 Å². The maximum Gasteiger partial charge on any atom is 0.0496 e. The summed E-state index contributed by atoms with van der Waals surface area (Å²) in [7, 11) is 0. The molecule has 0 aromatic heterocycles. The lowest BCUT2D eigenvalue weighted by Gasteiger charge is -2.57. The van der Waals surface area contributed by atoms with E-state index in [1.54, 1.807) is 5.56 Å². The molecule has 0 radical (unpaired) electrons. The first-order valence-electron chi connectivity index (χ1n) is 28.8. The summed E-state index contributed by atoms with van der Waals surface area (Å²) in [5.74, 6) is 3.47. The molecule has 2 nitrogen and oxygen atoms in total. The van der Waals surface area contributed by atoms with Crippen LogP contribution >= 0.6 is 0 Å². The van der Waals surface area contributed by atoms with Gasteiger partial charge in [-0.15, -0.1) is 0 Å². The van der Waals surface area contributed by atoms with E-state index in [0.29, 0.717) is 11.3 Å². The third-order valence-corrected chi connectivity index (χ3v) is 19.4. The smallest absolute Gasteiger partial charge is 0.0496 e. The highest BCUT2D eigenvalue weighted by molar-refractivity contribution is 5.94. The van der Waals surface area contributed by atoms with E-state index in [0.717, 1.165) is 43.4 Å². The molecular formula is C72H72N2. The predicted octanol–water partition coefficient (Wildman–Crippen LogP) is 19.4. The molecule has 0 amide bonds. The molecule has 370 valence electrons. The number of hydrogen-bond acceptors (Lipinski definition) is 2. The van der Waals surface area contributed by atoms with E-state index in [4.69, 9.17) is 0 Å². The zero-order valence-corrected chi connectivity index (χ0v) is 43.8. The molecule has 2 heteroatoms. The summed E-state index contributed by atoms with van der Waals surface area (Å²) in [4.78, 5) is 5.19. The summed E-state index contributed by atoms with van der Waals surface area (Å²) in [6, 6.07) is 71.2. The van der Waals surface area contributed by atoms with E-state index in [1.807, 2.05) is 0 Å². The maximum absolute atomic E-state index is 2.62. The minimum absolute atomic E-state index is 0.157. The van der Waals surface area contributed by atoms with Crippen LogP contribution in [0.3, 0.4) is 0 Å². The fourth-order valence-electron chi connectivity index (χ4n) is 16.1. The summed E-state index contributed by atoms with van der Waals surface area (Å²) in [6.45, 7) is 4.87. The number of para-hydroxylation sites is 1. The Balaban J connectivity index is 0.837. The van der Waals surface area contributed by atoms with Gasteiger partial charge in [0, 0.05) is 39.5 Å². The van der Waals surface area contributed by atoms with Crippen molar-refractivity contribution in [1.82, 2.24) is 0 Å². The van der Waals surface area contributed by atoms with Crippen molar-refractivity contribution in [3.63, 3.8) is 0 Å². The molecule has 0 unspecified atom stereocenters. The normalized spacial score (nSPS) is 22.4. The second-order valence-corrected chi connectivity index (χ2v) is 24.4. The fourth-order valence-corrected chi connectivity index (χ4v) is 16.1. The minimum Gasteiger partial charge on any atom is -0.310 e. The molecule has 5 fully saturated rings. The molecule has 5 saturated carbocycles. The van der Waals surface area contributed by atoms with E-state index in [9.17, 15) is 0 Å². The standard InChI is InChI=1S/C72H72N2/c1-71(2)66-21-13-20-64(56-16-9-5-10-17-56)70(66)65-39-38-63(45-67(65)71)74(61-34-30-55(31-35-61)54-14-7-3-4-8-15-54)69-44-50-23-27-57-26-22-49(24-28-58(69)29-25-50)43-68(57)73(60-18-11-6-12-19-60)62-36-32-59(33-37-62)72-46-51-40-52(47-72)42-53(41-51)48-72/h5-6,9-13,16-22,25-26,29-39,43-45,51-54H,3-4,7-8,14-15,23-24,27-28,40-42,46-48H2,1-2H3. The van der Waals surface area contributed by atoms with E-state index in [2.05, 4.69) is 206 Å². The third-order valence-electron chi connectivity index (χ3n) is 19.4. The predicted molar refractivity (Wildman–Crippen MR) is 310 cm³/mol. The lowest BCUT2D eigenvalue weighted by atomic mass is 9.48. The van der Waals surface area contributed by atoms with Gasteiger partial charge in [0.25, 0.3) is 0 Å². The number of rotatable bonds is 9. The van der Waals surface area contributed by atoms with Gasteiger partial charge in [-0.1, -0.05) is 161 Å². The van der Waals surface area contributed by atoms with Gasteiger partial charge in [-0.2, -0.15) is 0 Å². The highest BCUT2D eigenvalue weighted by atomic mass is 15.2. The quantitative estimate of drug-likeness (QED) is 0.133. The second-order valence-electron chi connectivity index (χ2n) is 24.4. The van der Waals surface area contributed by atoms with Crippen molar-refractivity contribution in [2.75, 3.05) is 9.80 Å². The van der Waals surface area contributed by atoms with Gasteiger partial charge >= 0.3 is 0 Å². The second kappa shape index (κ2) is 18.6. The summed E-state index contributed by atoms with van der Waals surface area (Å²) in [6.07, 6.45) is 20.5. The Kier molecular flexibility index (Phi) is 11.6. The number of benzene rings is 8. The number of aryl methyl sites for hydroxylation is 4. The lowest BCUT2D eigenvalue weighted by molar-refractivity contribution is -0.00518. The molecule has 0 saturated heterocycles. The van der Waals surface area contributed by atoms with Crippen LogP contribution in [0, 0.1) is 17.8 Å². The van der Waals surface area contributed by atoms with Gasteiger partial charge < -0.3 is 9.80 Å². The third kappa shape index (κ3) is 8.14. The van der Waals surface area contributed by atoms with Crippen molar-refractivity contribution in [2.45, 2.75) is 133 Å². The van der Waals surface area contributed by atoms with Gasteiger partial charge in [0.1, 0.15) is 0 Å². The maximum atomic E-state index is 2.62. The van der Waals surface area contributed by atoms with Crippen LogP contribution in [0.15, 0.2) is 182 Å². The number of anilines is 6. The van der Waals surface area contributed by atoms with Crippen LogP contribution < -0.4 is 9.80 Å². The molecule has 0 aliphatic heterocycles. The molecule has 0 atom stereocenters. The van der Waals surface area contributed by atoms with Gasteiger partial charge in [0.2, 0.25) is 0 Å². The van der Waals surface area contributed by atoms with Gasteiger partial charge in [-0.3, -0.25) is 0 Å². The summed E-state index contributed by atoms with van der Waals surface area (Å²) in [5, 5.41) is 0. The van der Waals surface area contributed by atoms with Crippen molar-refractivity contribution < 1.29 is 0 Å². The Morgan fingerprint density at radius 1 is 0.419 bits per heavy atom. The van der Waals surface area contributed by atoms with Gasteiger partial charge in [-0.05, 0) is 234 Å². The van der Waals surface area contributed by atoms with E-state index < -0.39 is 0 Å². The highest BCUT2D eigenvalue weighted by Crippen LogP contribution is 2.61. The zero-order chi connectivity index (χ0) is 49.4. The first kappa shape index (κ1) is 45.9. The molecule has 0 N–H and O–H groups in total. The summed E-state index contributed by atoms with van der Waals surface area (Å²) in [5.41, 5.74) is 24.6. The van der Waals surface area contributed by atoms with Crippen LogP contribution in [-0.4, -0.2) is 0 Å². The van der Waals surface area contributed by atoms with Crippen molar-refractivity contribution in [3.05, 3.63) is 226 Å². The summed E-state index contributed by atoms with van der Waals surface area (Å²) >= 11 is 0. The largest absolute Gasteiger partial charge is 0.310 e. The molecule has 8 aromatic carbocycles. The Hall–Kier alpha value is -6.64. The first-order valence-corrected chi connectivity index (χ1v) is 28.8. The van der Waals surface area contributed by atoms with Crippen LogP contribution in [0.1, 0.15) is 141 Å². The molecule has 10 aliphatic carbocycles. The van der Waals surface area contributed by atoms with Crippen LogP contribution in [0.2, 0.25) is 0 Å². The van der Waals surface area contributed by atoms with Crippen molar-refractivity contribution in [2.24, 2.45) is 17.8 Å². The molecule has 8 bridgehead atoms. The Bertz CT molecular complexity index is 3300. The van der Waals surface area contributed by atoms with Gasteiger partial charge in [0.15, 0.2) is 0 Å². The average Bonchev–Trinajstić information content (AvgIpc) is 3.57. The minimum atomic E-state index is -0.157. The Labute approximate surface area is 441 Å². The fraction of sp³-hybridized carbons (Fsp3) is 0.333. The Morgan fingerprint density at radius 2 is 0.959 bits per heavy atom. The topological polar surface area (TPSA) is 6.48 Å². The van der Waals surface area contributed by atoms with Crippen molar-refractivity contribution in [1.29, 1.82) is 0 Å². The van der Waals surface area contributed by atoms with E-state index >= 15 is 0 Å². The molecule has 10 aliphatic rings. The number of nitrogens with zero attached hydrogens (tertiary/aromatic N) is 2. The van der Waals surface area contributed by atoms with Crippen molar-refractivity contribution >= 4 is 34.1 Å². The zero-order valence-electron chi connectivity index (χ0n) is 43.8. The molecule has 18 rings (SSSR count). The van der Waals surface area contributed by atoms with Crippen LogP contribution in [-0.2, 0) is 36.5 Å². The molecule has 0 spiro atoms. The number of fused-ring (bicyclic) bond motifs is 3. The summed E-state index contributed by atoms with van der Waals surface area (Å²) < 4.78 is 0. The van der Waals surface area contributed by atoms with Gasteiger partial charge in [0.05, 0.1) is 0 Å². The van der Waals surface area contributed by atoms with E-state index in [1.165, 1.54) is 172 Å². The van der Waals surface area contributed by atoms with Gasteiger partial charge in [-0.25, -0.2) is 0 Å². The average molecular weight is 965 g/mol. The Morgan fingerprint density at radius 3 is 1.57 bits per heavy atom. The lowest BCUT2D eigenvalue weighted by Crippen LogP contribution is -2.48. The van der Waals surface area contributed by atoms with Crippen LogP contribution in [0.5, 0.6) is 0 Å². The van der Waals surface area contributed by atoms with Crippen LogP contribution in [0.4, 0.5) is 34.1 Å².